The summed E-state index contributed by atoms with van der Waals surface area (Å²) in [6.45, 7) is 14.5. The van der Waals surface area contributed by atoms with Crippen LogP contribution in [0.4, 0.5) is 42.8 Å². The zero-order chi connectivity index (χ0) is 37.2. The SMILES string of the molecule is CCCCCN(C(C)=O)c1cnc(N(Cc2cc(C(F)(F)F)cc(C(F)(F)F)c2)[C@@H](C[C@H](C)CC)C[C@H](CC)NC(=O)OC(C)(C)C)nc1. The van der Waals surface area contributed by atoms with Crippen LogP contribution in [0.5, 0.6) is 0 Å². The molecule has 276 valence electrons. The number of carbonyl (C=O) groups is 2. The molecule has 8 nitrogen and oxygen atoms in total. The molecule has 49 heavy (non-hydrogen) atoms. The van der Waals surface area contributed by atoms with Crippen molar-refractivity contribution in [1.29, 1.82) is 0 Å². The Hall–Kier alpha value is -3.58. The first kappa shape index (κ1) is 41.6. The van der Waals surface area contributed by atoms with Crippen molar-refractivity contribution in [2.45, 2.75) is 137 Å². The van der Waals surface area contributed by atoms with Crippen LogP contribution < -0.4 is 15.1 Å². The second-order valence-corrected chi connectivity index (χ2v) is 13.6. The standard InChI is InChI=1S/C35H51F6N5O3/c1-9-12-13-14-45(24(5)47)30-20-42-31(43-21-30)46(22-25-16-26(34(36,37)38)18-27(17-25)35(39,40)41)29(15-23(4)10-2)19-28(11-3)44-32(48)49-33(6,7)8/h16-18,20-21,23,28-29H,9-15,19,22H2,1-8H3,(H,44,48)/t23-,28+,29+/m1/s1. The van der Waals surface area contributed by atoms with Crippen molar-refractivity contribution in [2.75, 3.05) is 16.3 Å². The molecule has 0 bridgehead atoms. The van der Waals surface area contributed by atoms with Gasteiger partial charge in [0.25, 0.3) is 0 Å². The topological polar surface area (TPSA) is 87.7 Å². The minimum absolute atomic E-state index is 0.0622. The number of aromatic nitrogens is 2. The highest BCUT2D eigenvalue weighted by atomic mass is 19.4. The van der Waals surface area contributed by atoms with Gasteiger partial charge >= 0.3 is 18.4 Å². The first-order chi connectivity index (χ1) is 22.7. The summed E-state index contributed by atoms with van der Waals surface area (Å²) in [5, 5.41) is 2.86. The minimum atomic E-state index is -5.02. The van der Waals surface area contributed by atoms with Crippen molar-refractivity contribution >= 4 is 23.6 Å². The van der Waals surface area contributed by atoms with E-state index >= 15 is 0 Å². The van der Waals surface area contributed by atoms with Crippen LogP contribution in [0, 0.1) is 5.92 Å². The lowest BCUT2D eigenvalue weighted by Gasteiger charge is -2.36. The largest absolute Gasteiger partial charge is 0.444 e. The number of hydrogen-bond acceptors (Lipinski definition) is 6. The van der Waals surface area contributed by atoms with Gasteiger partial charge < -0.3 is 19.9 Å². The Balaban J connectivity index is 2.70. The summed E-state index contributed by atoms with van der Waals surface area (Å²) in [6.07, 6.45) is -3.26. The number of alkyl carbamates (subject to hydrolysis) is 1. The van der Waals surface area contributed by atoms with Gasteiger partial charge in [-0.2, -0.15) is 26.3 Å². The van der Waals surface area contributed by atoms with Crippen molar-refractivity contribution in [3.8, 4) is 0 Å². The van der Waals surface area contributed by atoms with E-state index in [0.717, 1.165) is 25.7 Å². The Morgan fingerprint density at radius 1 is 0.878 bits per heavy atom. The molecule has 0 fully saturated rings. The van der Waals surface area contributed by atoms with Crippen LogP contribution in [0.2, 0.25) is 0 Å². The highest BCUT2D eigenvalue weighted by molar-refractivity contribution is 5.91. The fourth-order valence-corrected chi connectivity index (χ4v) is 5.37. The van der Waals surface area contributed by atoms with Gasteiger partial charge in [0.15, 0.2) is 0 Å². The Kier molecular flexibility index (Phi) is 15.2. The van der Waals surface area contributed by atoms with Crippen LogP contribution in [0.15, 0.2) is 30.6 Å². The summed E-state index contributed by atoms with van der Waals surface area (Å²) in [4.78, 5) is 37.3. The van der Waals surface area contributed by atoms with E-state index < -0.39 is 47.3 Å². The monoisotopic (exact) mass is 703 g/mol. The molecule has 0 aliphatic carbocycles. The molecule has 0 saturated heterocycles. The molecule has 0 aliphatic rings. The van der Waals surface area contributed by atoms with Gasteiger partial charge in [-0.25, -0.2) is 14.8 Å². The lowest BCUT2D eigenvalue weighted by atomic mass is 9.92. The van der Waals surface area contributed by atoms with Gasteiger partial charge in [-0.1, -0.05) is 47.0 Å². The molecule has 14 heteroatoms. The van der Waals surface area contributed by atoms with E-state index in [2.05, 4.69) is 15.3 Å². The van der Waals surface area contributed by atoms with Crippen molar-refractivity contribution in [2.24, 2.45) is 5.92 Å². The number of alkyl halides is 6. The number of carbonyl (C=O) groups excluding carboxylic acids is 2. The Morgan fingerprint density at radius 2 is 1.45 bits per heavy atom. The number of benzene rings is 1. The molecular formula is C35H51F6N5O3. The number of unbranched alkanes of at least 4 members (excludes halogenated alkanes) is 2. The second-order valence-electron chi connectivity index (χ2n) is 13.6. The first-order valence-electron chi connectivity index (χ1n) is 16.8. The molecule has 3 atom stereocenters. The fraction of sp³-hybridized carbons (Fsp3) is 0.657. The zero-order valence-electron chi connectivity index (χ0n) is 29.8. The van der Waals surface area contributed by atoms with Crippen LogP contribution in [0.3, 0.4) is 0 Å². The van der Waals surface area contributed by atoms with E-state index in [-0.39, 0.29) is 42.4 Å². The number of halogens is 6. The van der Waals surface area contributed by atoms with Crippen LogP contribution >= 0.6 is 0 Å². The maximum atomic E-state index is 13.8. The number of amides is 2. The number of anilines is 2. The molecule has 1 N–H and O–H groups in total. The number of nitrogens with zero attached hydrogens (tertiary/aromatic N) is 4. The lowest BCUT2D eigenvalue weighted by Crippen LogP contribution is -2.45. The van der Waals surface area contributed by atoms with E-state index in [1.165, 1.54) is 24.2 Å². The smallest absolute Gasteiger partial charge is 0.416 e. The predicted molar refractivity (Wildman–Crippen MR) is 178 cm³/mol. The van der Waals surface area contributed by atoms with Crippen molar-refractivity contribution in [1.82, 2.24) is 15.3 Å². The quantitative estimate of drug-likeness (QED) is 0.138. The summed E-state index contributed by atoms with van der Waals surface area (Å²) in [6, 6.07) is 0.530. The normalized spacial score (nSPS) is 14.2. The number of hydrogen-bond donors (Lipinski definition) is 1. The molecule has 0 radical (unpaired) electrons. The first-order valence-corrected chi connectivity index (χ1v) is 16.8. The molecule has 2 aromatic rings. The maximum absolute atomic E-state index is 13.8. The maximum Gasteiger partial charge on any atom is 0.416 e. The second kappa shape index (κ2) is 17.9. The molecule has 2 amide bonds. The van der Waals surface area contributed by atoms with E-state index in [4.69, 9.17) is 4.74 Å². The van der Waals surface area contributed by atoms with E-state index in [1.54, 1.807) is 25.7 Å². The zero-order valence-corrected chi connectivity index (χ0v) is 29.8. The van der Waals surface area contributed by atoms with Crippen molar-refractivity contribution in [3.63, 3.8) is 0 Å². The van der Waals surface area contributed by atoms with Gasteiger partial charge in [0.1, 0.15) is 5.60 Å². The molecular weight excluding hydrogens is 652 g/mol. The molecule has 0 unspecified atom stereocenters. The average molecular weight is 704 g/mol. The van der Waals surface area contributed by atoms with Crippen molar-refractivity contribution < 1.29 is 40.7 Å². The third-order valence-corrected chi connectivity index (χ3v) is 8.14. The van der Waals surface area contributed by atoms with E-state index in [1.807, 2.05) is 27.7 Å². The number of ether oxygens (including phenoxy) is 1. The summed E-state index contributed by atoms with van der Waals surface area (Å²) < 4.78 is 88.5. The van der Waals surface area contributed by atoms with Crippen LogP contribution in [0.25, 0.3) is 0 Å². The van der Waals surface area contributed by atoms with Gasteiger partial charge in [0.05, 0.1) is 29.2 Å². The lowest BCUT2D eigenvalue weighted by molar-refractivity contribution is -0.143. The van der Waals surface area contributed by atoms with Crippen LogP contribution in [-0.4, -0.2) is 46.2 Å². The number of nitrogens with one attached hydrogen (secondary N) is 1. The third kappa shape index (κ3) is 13.7. The van der Waals surface area contributed by atoms with Gasteiger partial charge in [-0.05, 0) is 76.1 Å². The molecule has 2 rings (SSSR count). The van der Waals surface area contributed by atoms with Gasteiger partial charge in [0.2, 0.25) is 11.9 Å². The molecule has 0 saturated carbocycles. The van der Waals surface area contributed by atoms with Gasteiger partial charge in [-0.3, -0.25) is 4.79 Å². The van der Waals surface area contributed by atoms with E-state index in [9.17, 15) is 35.9 Å². The van der Waals surface area contributed by atoms with Gasteiger partial charge in [0, 0.05) is 32.1 Å². The highest BCUT2D eigenvalue weighted by Crippen LogP contribution is 2.37. The Morgan fingerprint density at radius 3 is 1.90 bits per heavy atom. The number of rotatable bonds is 16. The Labute approximate surface area is 286 Å². The minimum Gasteiger partial charge on any atom is -0.444 e. The van der Waals surface area contributed by atoms with Crippen LogP contribution in [0.1, 0.15) is 117 Å². The van der Waals surface area contributed by atoms with Crippen molar-refractivity contribution in [3.05, 3.63) is 47.3 Å². The molecule has 1 aromatic carbocycles. The Bertz CT molecular complexity index is 1310. The average Bonchev–Trinajstić information content (AvgIpc) is 2.99. The fourth-order valence-electron chi connectivity index (χ4n) is 5.37. The third-order valence-electron chi connectivity index (χ3n) is 8.14. The summed E-state index contributed by atoms with van der Waals surface area (Å²) in [5.74, 6) is -0.0707. The molecule has 0 spiro atoms. The summed E-state index contributed by atoms with van der Waals surface area (Å²) in [5.41, 5.74) is -3.42. The van der Waals surface area contributed by atoms with Crippen LogP contribution in [-0.2, 0) is 28.4 Å². The van der Waals surface area contributed by atoms with Gasteiger partial charge in [-0.15, -0.1) is 0 Å². The predicted octanol–water partition coefficient (Wildman–Crippen LogP) is 9.56. The summed E-state index contributed by atoms with van der Waals surface area (Å²) in [7, 11) is 0. The highest BCUT2D eigenvalue weighted by Gasteiger charge is 2.37. The molecule has 1 heterocycles. The summed E-state index contributed by atoms with van der Waals surface area (Å²) >= 11 is 0. The molecule has 0 aliphatic heterocycles. The van der Waals surface area contributed by atoms with E-state index in [0.29, 0.717) is 37.2 Å². The molecule has 1 aromatic heterocycles.